The SMILES string of the molecule is CCCCCCCCc1cccc2nc3cccc(N)c3cc12. The highest BCUT2D eigenvalue weighted by atomic mass is 14.7. The summed E-state index contributed by atoms with van der Waals surface area (Å²) in [5, 5.41) is 2.32. The van der Waals surface area contributed by atoms with E-state index in [0.717, 1.165) is 28.5 Å². The van der Waals surface area contributed by atoms with Gasteiger partial charge >= 0.3 is 0 Å². The van der Waals surface area contributed by atoms with Crippen LogP contribution in [0.2, 0.25) is 0 Å². The number of hydrogen-bond donors (Lipinski definition) is 1. The van der Waals surface area contributed by atoms with Crippen LogP contribution < -0.4 is 5.73 Å². The van der Waals surface area contributed by atoms with E-state index in [0.29, 0.717) is 0 Å². The fraction of sp³-hybridized carbons (Fsp3) is 0.381. The Bertz CT molecular complexity index is 792. The molecule has 0 amide bonds. The minimum absolute atomic E-state index is 0.811. The maximum Gasteiger partial charge on any atom is 0.0730 e. The van der Waals surface area contributed by atoms with E-state index in [4.69, 9.17) is 10.7 Å². The maximum absolute atomic E-state index is 6.13. The van der Waals surface area contributed by atoms with Crippen molar-refractivity contribution in [3.8, 4) is 0 Å². The zero-order valence-corrected chi connectivity index (χ0v) is 14.0. The molecule has 0 saturated carbocycles. The number of nitrogens with zero attached hydrogens (tertiary/aromatic N) is 1. The first-order valence-electron chi connectivity index (χ1n) is 8.86. The molecule has 120 valence electrons. The molecular formula is C21H26N2. The van der Waals surface area contributed by atoms with Crippen molar-refractivity contribution in [2.24, 2.45) is 0 Å². The molecule has 2 aromatic carbocycles. The highest BCUT2D eigenvalue weighted by Crippen LogP contribution is 2.27. The lowest BCUT2D eigenvalue weighted by molar-refractivity contribution is 0.608. The second-order valence-corrected chi connectivity index (χ2v) is 6.40. The summed E-state index contributed by atoms with van der Waals surface area (Å²) in [6.45, 7) is 2.26. The number of unbranched alkanes of at least 4 members (excludes halogenated alkanes) is 5. The van der Waals surface area contributed by atoms with E-state index in [1.165, 1.54) is 49.5 Å². The predicted octanol–water partition coefficient (Wildman–Crippen LogP) is 5.87. The van der Waals surface area contributed by atoms with Crippen molar-refractivity contribution >= 4 is 27.5 Å². The monoisotopic (exact) mass is 306 g/mol. The Balaban J connectivity index is 1.81. The van der Waals surface area contributed by atoms with Gasteiger partial charge in [-0.1, -0.05) is 57.2 Å². The summed E-state index contributed by atoms with van der Waals surface area (Å²) in [6.07, 6.45) is 9.10. The molecule has 3 rings (SSSR count). The van der Waals surface area contributed by atoms with Crippen LogP contribution in [0.5, 0.6) is 0 Å². The molecule has 0 aliphatic heterocycles. The van der Waals surface area contributed by atoms with E-state index in [-0.39, 0.29) is 0 Å². The average molecular weight is 306 g/mol. The predicted molar refractivity (Wildman–Crippen MR) is 101 cm³/mol. The molecule has 1 aromatic heterocycles. The average Bonchev–Trinajstić information content (AvgIpc) is 2.57. The van der Waals surface area contributed by atoms with Gasteiger partial charge in [0.2, 0.25) is 0 Å². The maximum atomic E-state index is 6.13. The largest absolute Gasteiger partial charge is 0.398 e. The summed E-state index contributed by atoms with van der Waals surface area (Å²) in [7, 11) is 0. The smallest absolute Gasteiger partial charge is 0.0730 e. The third kappa shape index (κ3) is 3.64. The van der Waals surface area contributed by atoms with Crippen molar-refractivity contribution in [3.05, 3.63) is 48.0 Å². The van der Waals surface area contributed by atoms with Crippen molar-refractivity contribution in [2.45, 2.75) is 51.9 Å². The third-order valence-electron chi connectivity index (χ3n) is 4.62. The first-order valence-corrected chi connectivity index (χ1v) is 8.86. The van der Waals surface area contributed by atoms with Crippen LogP contribution in [0.1, 0.15) is 51.0 Å². The number of aryl methyl sites for hydroxylation is 1. The number of nitrogen functional groups attached to an aromatic ring is 1. The van der Waals surface area contributed by atoms with E-state index in [1.807, 2.05) is 18.2 Å². The summed E-state index contributed by atoms with van der Waals surface area (Å²) in [5.74, 6) is 0. The molecule has 0 bridgehead atoms. The molecular weight excluding hydrogens is 280 g/mol. The number of fused-ring (bicyclic) bond motifs is 2. The standard InChI is InChI=1S/C21H26N2/c1-2-3-4-5-6-7-10-16-11-8-13-20-17(16)15-18-19(22)12-9-14-21(18)23-20/h8-9,11-15H,2-7,10,22H2,1H3. The molecule has 0 atom stereocenters. The summed E-state index contributed by atoms with van der Waals surface area (Å²) in [6, 6.07) is 14.6. The van der Waals surface area contributed by atoms with E-state index in [9.17, 15) is 0 Å². The van der Waals surface area contributed by atoms with Crippen LogP contribution in [0.3, 0.4) is 0 Å². The van der Waals surface area contributed by atoms with Crippen molar-refractivity contribution < 1.29 is 0 Å². The van der Waals surface area contributed by atoms with Crippen LogP contribution in [0.25, 0.3) is 21.8 Å². The van der Waals surface area contributed by atoms with Gasteiger partial charge in [-0.25, -0.2) is 4.98 Å². The number of anilines is 1. The zero-order chi connectivity index (χ0) is 16.1. The first-order chi connectivity index (χ1) is 11.3. The second-order valence-electron chi connectivity index (χ2n) is 6.40. The lowest BCUT2D eigenvalue weighted by Gasteiger charge is -2.09. The molecule has 0 fully saturated rings. The van der Waals surface area contributed by atoms with Gasteiger partial charge in [0.05, 0.1) is 11.0 Å². The number of benzene rings is 2. The number of pyridine rings is 1. The summed E-state index contributed by atoms with van der Waals surface area (Å²) in [4.78, 5) is 4.79. The number of aromatic nitrogens is 1. The third-order valence-corrected chi connectivity index (χ3v) is 4.62. The van der Waals surface area contributed by atoms with Gasteiger partial charge in [0, 0.05) is 16.5 Å². The molecule has 0 saturated heterocycles. The molecule has 2 heteroatoms. The molecule has 0 spiro atoms. The number of hydrogen-bond acceptors (Lipinski definition) is 2. The lowest BCUT2D eigenvalue weighted by atomic mass is 9.99. The van der Waals surface area contributed by atoms with E-state index < -0.39 is 0 Å². The van der Waals surface area contributed by atoms with Crippen LogP contribution in [0.4, 0.5) is 5.69 Å². The van der Waals surface area contributed by atoms with Crippen molar-refractivity contribution in [3.63, 3.8) is 0 Å². The Morgan fingerprint density at radius 3 is 2.35 bits per heavy atom. The summed E-state index contributed by atoms with van der Waals surface area (Å²) >= 11 is 0. The molecule has 1 heterocycles. The molecule has 23 heavy (non-hydrogen) atoms. The summed E-state index contributed by atoms with van der Waals surface area (Å²) < 4.78 is 0. The van der Waals surface area contributed by atoms with Crippen LogP contribution in [-0.4, -0.2) is 4.98 Å². The van der Waals surface area contributed by atoms with Crippen LogP contribution in [0, 0.1) is 0 Å². The molecule has 2 N–H and O–H groups in total. The van der Waals surface area contributed by atoms with E-state index in [2.05, 4.69) is 31.2 Å². The van der Waals surface area contributed by atoms with Gasteiger partial charge in [0.1, 0.15) is 0 Å². The van der Waals surface area contributed by atoms with E-state index in [1.54, 1.807) is 0 Å². The van der Waals surface area contributed by atoms with Crippen molar-refractivity contribution in [1.29, 1.82) is 0 Å². The Hall–Kier alpha value is -2.09. The summed E-state index contributed by atoms with van der Waals surface area (Å²) in [5.41, 5.74) is 10.4. The van der Waals surface area contributed by atoms with Gasteiger partial charge in [-0.2, -0.15) is 0 Å². The quantitative estimate of drug-likeness (QED) is 0.336. The second kappa shape index (κ2) is 7.45. The Labute approximate surface area is 138 Å². The normalized spacial score (nSPS) is 11.3. The Morgan fingerprint density at radius 1 is 0.826 bits per heavy atom. The molecule has 0 unspecified atom stereocenters. The van der Waals surface area contributed by atoms with Gasteiger partial charge in [-0.15, -0.1) is 0 Å². The van der Waals surface area contributed by atoms with E-state index >= 15 is 0 Å². The van der Waals surface area contributed by atoms with Crippen molar-refractivity contribution in [2.75, 3.05) is 5.73 Å². The van der Waals surface area contributed by atoms with Gasteiger partial charge < -0.3 is 5.73 Å². The van der Waals surface area contributed by atoms with Crippen LogP contribution in [0.15, 0.2) is 42.5 Å². The van der Waals surface area contributed by atoms with Crippen LogP contribution >= 0.6 is 0 Å². The Kier molecular flexibility index (Phi) is 5.12. The van der Waals surface area contributed by atoms with Crippen LogP contribution in [-0.2, 0) is 6.42 Å². The molecule has 0 aliphatic carbocycles. The number of rotatable bonds is 7. The molecule has 3 aromatic rings. The minimum atomic E-state index is 0.811. The zero-order valence-electron chi connectivity index (χ0n) is 14.0. The fourth-order valence-corrected chi connectivity index (χ4v) is 3.28. The number of nitrogens with two attached hydrogens (primary N) is 1. The molecule has 2 nitrogen and oxygen atoms in total. The molecule has 0 aliphatic rings. The van der Waals surface area contributed by atoms with Gasteiger partial charge in [-0.3, -0.25) is 0 Å². The molecule has 0 radical (unpaired) electrons. The first kappa shape index (κ1) is 15.8. The Morgan fingerprint density at radius 2 is 1.52 bits per heavy atom. The highest BCUT2D eigenvalue weighted by Gasteiger charge is 2.06. The van der Waals surface area contributed by atoms with Gasteiger partial charge in [0.15, 0.2) is 0 Å². The highest BCUT2D eigenvalue weighted by molar-refractivity contribution is 5.99. The fourth-order valence-electron chi connectivity index (χ4n) is 3.28. The minimum Gasteiger partial charge on any atom is -0.398 e. The van der Waals surface area contributed by atoms with Crippen molar-refractivity contribution in [1.82, 2.24) is 4.98 Å². The van der Waals surface area contributed by atoms with Gasteiger partial charge in [0.25, 0.3) is 0 Å². The lowest BCUT2D eigenvalue weighted by Crippen LogP contribution is -1.93. The topological polar surface area (TPSA) is 38.9 Å². The van der Waals surface area contributed by atoms with Gasteiger partial charge in [-0.05, 0) is 42.7 Å².